The van der Waals surface area contributed by atoms with E-state index in [4.69, 9.17) is 4.74 Å². The Balaban J connectivity index is 1.37. The SMILES string of the molecule is O=S(=O)(CC1CC1(F)F)Nc1c(F)cc(Oc2ncccc2-c2ccnc(NC3CNC[C@@H](F)C3)n2)c(F)c1F. The van der Waals surface area contributed by atoms with Crippen LogP contribution in [0.5, 0.6) is 11.6 Å². The van der Waals surface area contributed by atoms with Crippen LogP contribution in [0, 0.1) is 23.4 Å². The third-order valence-corrected chi connectivity index (χ3v) is 7.65. The molecule has 1 saturated heterocycles. The molecule has 0 spiro atoms. The van der Waals surface area contributed by atoms with Crippen molar-refractivity contribution in [3.8, 4) is 22.9 Å². The summed E-state index contributed by atoms with van der Waals surface area (Å²) in [6.45, 7) is 0.740. The van der Waals surface area contributed by atoms with E-state index in [1.165, 1.54) is 35.3 Å². The van der Waals surface area contributed by atoms with E-state index in [-0.39, 0.29) is 42.1 Å². The van der Waals surface area contributed by atoms with E-state index >= 15 is 0 Å². The van der Waals surface area contributed by atoms with E-state index in [1.54, 1.807) is 0 Å². The maximum Gasteiger partial charge on any atom is 0.252 e. The summed E-state index contributed by atoms with van der Waals surface area (Å²) in [6, 6.07) is 4.60. The molecular weight excluding hydrogens is 566 g/mol. The molecule has 1 aliphatic heterocycles. The Morgan fingerprint density at radius 1 is 1.10 bits per heavy atom. The van der Waals surface area contributed by atoms with Crippen LogP contribution in [0.2, 0.25) is 0 Å². The summed E-state index contributed by atoms with van der Waals surface area (Å²) >= 11 is 0. The van der Waals surface area contributed by atoms with Gasteiger partial charge in [0.2, 0.25) is 27.7 Å². The summed E-state index contributed by atoms with van der Waals surface area (Å²) in [4.78, 5) is 12.4. The summed E-state index contributed by atoms with van der Waals surface area (Å²) in [5, 5.41) is 5.96. The third kappa shape index (κ3) is 6.22. The van der Waals surface area contributed by atoms with Gasteiger partial charge in [-0.05, 0) is 18.2 Å². The first-order valence-electron chi connectivity index (χ1n) is 12.1. The molecule has 16 heteroatoms. The largest absolute Gasteiger partial charge is 0.435 e. The zero-order chi connectivity index (χ0) is 28.7. The molecule has 214 valence electrons. The normalized spacial score (nSPS) is 22.0. The molecule has 2 fully saturated rings. The van der Waals surface area contributed by atoms with Gasteiger partial charge in [-0.15, -0.1) is 0 Å². The molecule has 40 heavy (non-hydrogen) atoms. The fraction of sp³-hybridized carbons (Fsp3) is 0.375. The first-order valence-corrected chi connectivity index (χ1v) is 13.7. The highest BCUT2D eigenvalue weighted by atomic mass is 32.2. The minimum Gasteiger partial charge on any atom is -0.435 e. The minimum atomic E-state index is -4.61. The summed E-state index contributed by atoms with van der Waals surface area (Å²) in [5.41, 5.74) is -0.938. The molecule has 0 radical (unpaired) electrons. The van der Waals surface area contributed by atoms with E-state index in [0.717, 1.165) is 0 Å². The predicted molar refractivity (Wildman–Crippen MR) is 132 cm³/mol. The molecule has 0 amide bonds. The number of sulfonamides is 1. The van der Waals surface area contributed by atoms with Crippen molar-refractivity contribution in [2.24, 2.45) is 5.92 Å². The van der Waals surface area contributed by atoms with Crippen molar-refractivity contribution in [3.63, 3.8) is 0 Å². The van der Waals surface area contributed by atoms with E-state index < -0.39 is 69.1 Å². The average Bonchev–Trinajstić information content (AvgIpc) is 3.49. The molecule has 0 bridgehead atoms. The van der Waals surface area contributed by atoms with Gasteiger partial charge in [0, 0.05) is 56.4 Å². The highest BCUT2D eigenvalue weighted by Crippen LogP contribution is 2.49. The van der Waals surface area contributed by atoms with Crippen molar-refractivity contribution in [2.75, 3.05) is 28.9 Å². The molecule has 1 aliphatic carbocycles. The molecule has 3 heterocycles. The van der Waals surface area contributed by atoms with Gasteiger partial charge < -0.3 is 15.4 Å². The van der Waals surface area contributed by atoms with Crippen molar-refractivity contribution in [3.05, 3.63) is 54.1 Å². The highest BCUT2D eigenvalue weighted by Gasteiger charge is 2.58. The van der Waals surface area contributed by atoms with Crippen LogP contribution in [0.3, 0.4) is 0 Å². The second-order valence-electron chi connectivity index (χ2n) is 9.46. The molecule has 2 aliphatic rings. The lowest BCUT2D eigenvalue weighted by Gasteiger charge is -2.26. The Labute approximate surface area is 224 Å². The molecule has 1 aromatic carbocycles. The third-order valence-electron chi connectivity index (χ3n) is 6.30. The van der Waals surface area contributed by atoms with Crippen molar-refractivity contribution >= 4 is 21.7 Å². The van der Waals surface area contributed by atoms with Gasteiger partial charge in [-0.25, -0.2) is 45.3 Å². The lowest BCUT2D eigenvalue weighted by atomic mass is 10.1. The van der Waals surface area contributed by atoms with Crippen LogP contribution in [0.4, 0.5) is 38.0 Å². The minimum absolute atomic E-state index is 0.164. The standard InChI is InChI=1S/C24H22F6N6O3S/c25-13-6-14(10-31-9-13)34-23-33-5-3-17(35-23)15-2-1-4-32-22(15)39-18-7-16(26)21(20(28)19(18)27)36-40(37,38)11-12-8-24(12,29)30/h1-5,7,12-14,31,36H,6,8-11H2,(H,33,34,35)/t12?,13-,14?/m0/s1. The van der Waals surface area contributed by atoms with Crippen LogP contribution in [0.25, 0.3) is 11.3 Å². The fourth-order valence-corrected chi connectivity index (χ4v) is 5.66. The molecule has 2 unspecified atom stereocenters. The van der Waals surface area contributed by atoms with Crippen molar-refractivity contribution in [2.45, 2.75) is 31.0 Å². The van der Waals surface area contributed by atoms with Crippen LogP contribution in [0.15, 0.2) is 36.7 Å². The van der Waals surface area contributed by atoms with Crippen LogP contribution in [-0.4, -0.2) is 60.3 Å². The Morgan fingerprint density at radius 2 is 1.88 bits per heavy atom. The summed E-state index contributed by atoms with van der Waals surface area (Å²) in [6.07, 6.45) is 1.22. The maximum atomic E-state index is 14.9. The topological polar surface area (TPSA) is 118 Å². The zero-order valence-electron chi connectivity index (χ0n) is 20.5. The van der Waals surface area contributed by atoms with Crippen LogP contribution in [0.1, 0.15) is 12.8 Å². The number of nitrogens with zero attached hydrogens (tertiary/aromatic N) is 3. The number of benzene rings is 1. The number of alkyl halides is 3. The second-order valence-corrected chi connectivity index (χ2v) is 11.2. The zero-order valence-corrected chi connectivity index (χ0v) is 21.3. The Hall–Kier alpha value is -3.66. The fourth-order valence-electron chi connectivity index (χ4n) is 4.19. The molecule has 3 N–H and O–H groups in total. The molecule has 9 nitrogen and oxygen atoms in total. The molecule has 1 saturated carbocycles. The number of nitrogens with one attached hydrogen (secondary N) is 3. The van der Waals surface area contributed by atoms with Gasteiger partial charge in [0.05, 0.1) is 17.0 Å². The van der Waals surface area contributed by atoms with Gasteiger partial charge >= 0.3 is 0 Å². The maximum absolute atomic E-state index is 14.9. The first kappa shape index (κ1) is 27.9. The number of piperidine rings is 1. The second kappa shape index (κ2) is 10.7. The van der Waals surface area contributed by atoms with E-state index in [2.05, 4.69) is 25.6 Å². The van der Waals surface area contributed by atoms with Crippen LogP contribution < -0.4 is 20.1 Å². The van der Waals surface area contributed by atoms with E-state index in [9.17, 15) is 34.8 Å². The molecular formula is C24H22F6N6O3S. The number of hydrogen-bond donors (Lipinski definition) is 3. The van der Waals surface area contributed by atoms with Gasteiger partial charge in [-0.1, -0.05) is 0 Å². The first-order chi connectivity index (χ1) is 18.9. The lowest BCUT2D eigenvalue weighted by Crippen LogP contribution is -2.44. The van der Waals surface area contributed by atoms with Gasteiger partial charge in [-0.3, -0.25) is 4.72 Å². The molecule has 3 atom stereocenters. The van der Waals surface area contributed by atoms with Gasteiger partial charge in [0.15, 0.2) is 17.4 Å². The van der Waals surface area contributed by atoms with E-state index in [0.29, 0.717) is 12.6 Å². The van der Waals surface area contributed by atoms with Crippen LogP contribution >= 0.6 is 0 Å². The summed E-state index contributed by atoms with van der Waals surface area (Å²) in [7, 11) is -4.61. The average molecular weight is 589 g/mol. The number of pyridine rings is 1. The Bertz CT molecular complexity index is 1530. The Morgan fingerprint density at radius 3 is 2.60 bits per heavy atom. The van der Waals surface area contributed by atoms with E-state index in [1.807, 2.05) is 0 Å². The number of ether oxygens (including phenoxy) is 1. The van der Waals surface area contributed by atoms with Crippen LogP contribution in [-0.2, 0) is 10.0 Å². The Kier molecular flexibility index (Phi) is 7.48. The number of anilines is 2. The highest BCUT2D eigenvalue weighted by molar-refractivity contribution is 7.92. The van der Waals surface area contributed by atoms with Gasteiger partial charge in [-0.2, -0.15) is 4.39 Å². The van der Waals surface area contributed by atoms with Crippen molar-refractivity contribution in [1.82, 2.24) is 20.3 Å². The van der Waals surface area contributed by atoms with Crippen molar-refractivity contribution in [1.29, 1.82) is 0 Å². The van der Waals surface area contributed by atoms with Gasteiger partial charge in [0.1, 0.15) is 11.9 Å². The number of rotatable bonds is 9. The monoisotopic (exact) mass is 588 g/mol. The quantitative estimate of drug-likeness (QED) is 0.251. The van der Waals surface area contributed by atoms with Crippen molar-refractivity contribution < 1.29 is 39.5 Å². The molecule has 2 aromatic heterocycles. The lowest BCUT2D eigenvalue weighted by molar-refractivity contribution is 0.103. The summed E-state index contributed by atoms with van der Waals surface area (Å²) < 4.78 is 115. The molecule has 3 aromatic rings. The summed E-state index contributed by atoms with van der Waals surface area (Å²) in [5.74, 6) is -12.1. The predicted octanol–water partition coefficient (Wildman–Crippen LogP) is 4.26. The number of hydrogen-bond acceptors (Lipinski definition) is 8. The number of halogens is 6. The van der Waals surface area contributed by atoms with Gasteiger partial charge in [0.25, 0.3) is 5.92 Å². The smallest absolute Gasteiger partial charge is 0.252 e. The number of aromatic nitrogens is 3. The molecule has 5 rings (SSSR count).